The standard InChI is InChI=1S/C47H41N5O9S2/c1-3-4-22-60-36-9-7-10-39(25-36)62(55,56)37-16-12-31(13-17-37)27-50-46(53)34-24-41(45-49-20-21-52(45)30-34)51-47(54)42-26-40-33(28-48-29-43(40)61-42)23-32-8-5-6-11-44(32)63(57,58)38-18-14-35(59-2)15-19-38/h5-21,24-26,28-30H,3-4,22-23,27H2,1-2H3,(H,50,53)(H,51,54). The summed E-state index contributed by atoms with van der Waals surface area (Å²) in [6.45, 7) is 2.64. The molecule has 0 aliphatic rings. The van der Waals surface area contributed by atoms with Crippen LogP contribution >= 0.6 is 0 Å². The fourth-order valence-electron chi connectivity index (χ4n) is 6.97. The number of unbranched alkanes of at least 4 members (excludes halogenated alkanes) is 1. The van der Waals surface area contributed by atoms with Crippen LogP contribution < -0.4 is 20.1 Å². The molecule has 16 heteroatoms. The highest BCUT2D eigenvalue weighted by atomic mass is 32.2. The van der Waals surface area contributed by atoms with Crippen molar-refractivity contribution in [3.63, 3.8) is 0 Å². The lowest BCUT2D eigenvalue weighted by atomic mass is 10.0. The van der Waals surface area contributed by atoms with Gasteiger partial charge in [0.1, 0.15) is 11.5 Å². The molecule has 4 aromatic heterocycles. The second-order valence-electron chi connectivity index (χ2n) is 14.5. The molecule has 14 nitrogen and oxygen atoms in total. The molecule has 8 rings (SSSR count). The number of carbonyl (C=O) groups excluding carboxylic acids is 2. The van der Waals surface area contributed by atoms with Gasteiger partial charge in [0.2, 0.25) is 19.7 Å². The Morgan fingerprint density at radius 3 is 2.32 bits per heavy atom. The zero-order valence-corrected chi connectivity index (χ0v) is 35.8. The predicted octanol–water partition coefficient (Wildman–Crippen LogP) is 8.10. The number of fused-ring (bicyclic) bond motifs is 2. The topological polar surface area (TPSA) is 188 Å². The molecule has 8 aromatic rings. The van der Waals surface area contributed by atoms with Crippen molar-refractivity contribution in [3.8, 4) is 11.5 Å². The van der Waals surface area contributed by atoms with Crippen molar-refractivity contribution in [1.82, 2.24) is 19.7 Å². The number of hydrogen-bond donors (Lipinski definition) is 2. The van der Waals surface area contributed by atoms with Gasteiger partial charge in [-0.05, 0) is 95.9 Å². The number of methoxy groups -OCH3 is 1. The molecule has 2 N–H and O–H groups in total. The Morgan fingerprint density at radius 1 is 0.778 bits per heavy atom. The van der Waals surface area contributed by atoms with Crippen LogP contribution in [0.1, 0.15) is 57.4 Å². The average molecular weight is 884 g/mol. The predicted molar refractivity (Wildman–Crippen MR) is 235 cm³/mol. The Labute approximate surface area is 363 Å². The third-order valence-electron chi connectivity index (χ3n) is 10.3. The number of carbonyl (C=O) groups is 2. The first-order valence-electron chi connectivity index (χ1n) is 19.9. The van der Waals surface area contributed by atoms with Gasteiger partial charge in [-0.25, -0.2) is 21.8 Å². The Hall–Kier alpha value is -7.30. The molecular formula is C47H41N5O9S2. The monoisotopic (exact) mass is 883 g/mol. The number of aromatic nitrogens is 3. The van der Waals surface area contributed by atoms with E-state index in [1.165, 1.54) is 62.0 Å². The van der Waals surface area contributed by atoms with Gasteiger partial charge in [0, 0.05) is 43.1 Å². The molecule has 0 unspecified atom stereocenters. The van der Waals surface area contributed by atoms with Crippen molar-refractivity contribution >= 4 is 53.8 Å². The van der Waals surface area contributed by atoms with Crippen molar-refractivity contribution in [2.45, 2.75) is 52.3 Å². The van der Waals surface area contributed by atoms with Crippen LogP contribution in [-0.2, 0) is 32.6 Å². The van der Waals surface area contributed by atoms with E-state index < -0.39 is 31.5 Å². The molecule has 0 aliphatic carbocycles. The number of pyridine rings is 2. The number of benzene rings is 4. The molecule has 0 saturated heterocycles. The van der Waals surface area contributed by atoms with Gasteiger partial charge < -0.3 is 28.9 Å². The molecule has 0 bridgehead atoms. The molecule has 0 radical (unpaired) electrons. The number of anilines is 1. The van der Waals surface area contributed by atoms with E-state index in [-0.39, 0.29) is 49.6 Å². The van der Waals surface area contributed by atoms with Crippen LogP contribution in [0, 0.1) is 0 Å². The fourth-order valence-corrected chi connectivity index (χ4v) is 9.76. The lowest BCUT2D eigenvalue weighted by Gasteiger charge is -2.11. The number of nitrogens with one attached hydrogen (secondary N) is 2. The maximum atomic E-state index is 13.8. The second kappa shape index (κ2) is 18.0. The second-order valence-corrected chi connectivity index (χ2v) is 18.4. The molecule has 0 atom stereocenters. The number of furan rings is 1. The van der Waals surface area contributed by atoms with Crippen LogP contribution in [0.3, 0.4) is 0 Å². The zero-order valence-electron chi connectivity index (χ0n) is 34.1. The van der Waals surface area contributed by atoms with Gasteiger partial charge in [-0.1, -0.05) is 49.7 Å². The van der Waals surface area contributed by atoms with Gasteiger partial charge in [-0.15, -0.1) is 0 Å². The summed E-state index contributed by atoms with van der Waals surface area (Å²) < 4.78 is 72.7. The van der Waals surface area contributed by atoms with Crippen molar-refractivity contribution in [2.75, 3.05) is 19.0 Å². The number of sulfone groups is 2. The minimum atomic E-state index is -3.89. The smallest absolute Gasteiger partial charge is 0.291 e. The van der Waals surface area contributed by atoms with Crippen LogP contribution in [0.25, 0.3) is 16.6 Å². The molecule has 0 saturated carbocycles. The van der Waals surface area contributed by atoms with E-state index in [9.17, 15) is 26.4 Å². The first-order chi connectivity index (χ1) is 30.4. The molecule has 4 heterocycles. The largest absolute Gasteiger partial charge is 0.497 e. The quantitative estimate of drug-likeness (QED) is 0.0893. The van der Waals surface area contributed by atoms with E-state index in [2.05, 4.69) is 20.6 Å². The minimum absolute atomic E-state index is 0.0450. The SMILES string of the molecule is CCCCOc1cccc(S(=O)(=O)c2ccc(CNC(=O)c3cc(NC(=O)c4cc5c(Cc6ccccc6S(=O)(=O)c6ccc(OC)cc6)cncc5o4)c4nccn4c3)cc2)c1. The van der Waals surface area contributed by atoms with Crippen molar-refractivity contribution < 1.29 is 40.3 Å². The van der Waals surface area contributed by atoms with Gasteiger partial charge in [-0.2, -0.15) is 0 Å². The summed E-state index contributed by atoms with van der Waals surface area (Å²) in [5.74, 6) is -0.0952. The van der Waals surface area contributed by atoms with Crippen LogP contribution in [-0.4, -0.2) is 56.7 Å². The van der Waals surface area contributed by atoms with Crippen molar-refractivity contribution in [3.05, 3.63) is 168 Å². The highest BCUT2D eigenvalue weighted by Gasteiger charge is 2.24. The van der Waals surface area contributed by atoms with Crippen LogP contribution in [0.15, 0.2) is 164 Å². The Morgan fingerprint density at radius 2 is 1.54 bits per heavy atom. The van der Waals surface area contributed by atoms with Gasteiger partial charge in [0.15, 0.2) is 17.0 Å². The van der Waals surface area contributed by atoms with Gasteiger partial charge in [-0.3, -0.25) is 14.6 Å². The van der Waals surface area contributed by atoms with E-state index in [1.807, 2.05) is 6.92 Å². The normalized spacial score (nSPS) is 11.7. The highest BCUT2D eigenvalue weighted by molar-refractivity contribution is 7.91. The number of imidazole rings is 1. The first-order valence-corrected chi connectivity index (χ1v) is 22.9. The molecule has 0 spiro atoms. The summed E-state index contributed by atoms with van der Waals surface area (Å²) >= 11 is 0. The minimum Gasteiger partial charge on any atom is -0.497 e. The molecule has 2 amide bonds. The maximum absolute atomic E-state index is 13.8. The van der Waals surface area contributed by atoms with Crippen molar-refractivity contribution in [1.29, 1.82) is 0 Å². The Kier molecular flexibility index (Phi) is 12.1. The van der Waals surface area contributed by atoms with Gasteiger partial charge in [0.25, 0.3) is 11.8 Å². The van der Waals surface area contributed by atoms with Gasteiger partial charge >= 0.3 is 0 Å². The number of ether oxygens (including phenoxy) is 2. The lowest BCUT2D eigenvalue weighted by Crippen LogP contribution is -2.23. The van der Waals surface area contributed by atoms with E-state index in [4.69, 9.17) is 13.9 Å². The molecule has 0 fully saturated rings. The van der Waals surface area contributed by atoms with E-state index in [0.29, 0.717) is 51.4 Å². The Balaban J connectivity index is 0.965. The van der Waals surface area contributed by atoms with Crippen molar-refractivity contribution in [2.24, 2.45) is 0 Å². The summed E-state index contributed by atoms with van der Waals surface area (Å²) in [4.78, 5) is 36.4. The van der Waals surface area contributed by atoms with Crippen LogP contribution in [0.2, 0.25) is 0 Å². The highest BCUT2D eigenvalue weighted by Crippen LogP contribution is 2.31. The number of rotatable bonds is 16. The van der Waals surface area contributed by atoms with E-state index in [0.717, 1.165) is 12.8 Å². The van der Waals surface area contributed by atoms with Crippen LogP contribution in [0.5, 0.6) is 11.5 Å². The third kappa shape index (κ3) is 9.03. The summed E-state index contributed by atoms with van der Waals surface area (Å²) in [5, 5.41) is 6.25. The molecule has 320 valence electrons. The molecule has 0 aliphatic heterocycles. The summed E-state index contributed by atoms with van der Waals surface area (Å²) in [6, 6.07) is 28.6. The first kappa shape index (κ1) is 42.4. The zero-order chi connectivity index (χ0) is 44.1. The van der Waals surface area contributed by atoms with E-state index in [1.54, 1.807) is 89.7 Å². The van der Waals surface area contributed by atoms with Gasteiger partial charge in [0.05, 0.1) is 50.7 Å². The number of hydrogen-bond acceptors (Lipinski definition) is 11. The lowest BCUT2D eigenvalue weighted by molar-refractivity contribution is 0.0948. The summed E-state index contributed by atoms with van der Waals surface area (Å²) in [7, 11) is -6.20. The average Bonchev–Trinajstić information content (AvgIpc) is 3.98. The molecule has 63 heavy (non-hydrogen) atoms. The van der Waals surface area contributed by atoms with E-state index >= 15 is 0 Å². The maximum Gasteiger partial charge on any atom is 0.291 e. The number of amides is 2. The summed E-state index contributed by atoms with van der Waals surface area (Å²) in [5.41, 5.74) is 2.98. The number of nitrogens with zero attached hydrogens (tertiary/aromatic N) is 3. The third-order valence-corrected chi connectivity index (χ3v) is 14.0. The Bertz CT molecular complexity index is 3200. The summed E-state index contributed by atoms with van der Waals surface area (Å²) in [6.07, 6.45) is 9.82. The van der Waals surface area contributed by atoms with Crippen LogP contribution in [0.4, 0.5) is 5.69 Å². The molecular weight excluding hydrogens is 843 g/mol. The fraction of sp³-hybridized carbons (Fsp3) is 0.149. The molecule has 4 aromatic carbocycles.